The second kappa shape index (κ2) is 8.42. The van der Waals surface area contributed by atoms with Crippen LogP contribution in [0.25, 0.3) is 11.0 Å². The average molecular weight is 418 g/mol. The number of anilines is 2. The van der Waals surface area contributed by atoms with Crippen LogP contribution in [0.2, 0.25) is 5.02 Å². The smallest absolute Gasteiger partial charge is 0.145 e. The Labute approximate surface area is 178 Å². The van der Waals surface area contributed by atoms with Crippen molar-refractivity contribution in [1.82, 2.24) is 19.9 Å². The van der Waals surface area contributed by atoms with Gasteiger partial charge in [0, 0.05) is 17.7 Å². The van der Waals surface area contributed by atoms with Gasteiger partial charge in [-0.3, -0.25) is 4.98 Å². The molecule has 2 heterocycles. The highest BCUT2D eigenvalue weighted by Gasteiger charge is 2.10. The molecular formula is C22H20ClN7. The molecule has 4 aromatic rings. The maximum absolute atomic E-state index is 7.55. The third-order valence-electron chi connectivity index (χ3n) is 4.83. The molecule has 0 saturated heterocycles. The number of benzene rings is 2. The topological polar surface area (TPSA) is 113 Å². The summed E-state index contributed by atoms with van der Waals surface area (Å²) < 4.78 is 0. The van der Waals surface area contributed by atoms with Crippen molar-refractivity contribution < 1.29 is 0 Å². The zero-order valence-electron chi connectivity index (χ0n) is 16.3. The van der Waals surface area contributed by atoms with Gasteiger partial charge in [0.05, 0.1) is 34.5 Å². The van der Waals surface area contributed by atoms with Gasteiger partial charge in [-0.05, 0) is 42.3 Å². The Morgan fingerprint density at radius 2 is 2.00 bits per heavy atom. The predicted octanol–water partition coefficient (Wildman–Crippen LogP) is 4.42. The molecule has 1 unspecified atom stereocenters. The zero-order chi connectivity index (χ0) is 21.1. The van der Waals surface area contributed by atoms with Gasteiger partial charge in [-0.2, -0.15) is 0 Å². The summed E-state index contributed by atoms with van der Waals surface area (Å²) in [6.07, 6.45) is 4.85. The minimum atomic E-state index is 0.0393. The molecule has 0 fully saturated rings. The average Bonchev–Trinajstić information content (AvgIpc) is 2.74. The third-order valence-corrected chi connectivity index (χ3v) is 5.07. The number of hydrogen-bond acceptors (Lipinski definition) is 7. The summed E-state index contributed by atoms with van der Waals surface area (Å²) in [6, 6.07) is 13.7. The highest BCUT2D eigenvalue weighted by atomic mass is 35.5. The molecule has 0 radical (unpaired) electrons. The number of nitrogens with zero attached hydrogens (tertiary/aromatic N) is 4. The Balaban J connectivity index is 1.55. The Bertz CT molecular complexity index is 1230. The standard InChI is InChI=1S/C22H20ClN7/c1-13(15-3-2-4-16(23)9-15)29-21-11-26-20-8-14(5-6-18(20)30-21)7-19-17(10-24)22(25)28-12-27-19/h2-6,8-13,24H,7H2,1H3,(H,29,30)(H2,25,27,28). The molecule has 4 rings (SSSR count). The Kier molecular flexibility index (Phi) is 5.54. The van der Waals surface area contributed by atoms with Crippen molar-refractivity contribution >= 4 is 40.5 Å². The second-order valence-corrected chi connectivity index (χ2v) is 7.38. The van der Waals surface area contributed by atoms with Gasteiger partial charge in [0.15, 0.2) is 0 Å². The van der Waals surface area contributed by atoms with Crippen molar-refractivity contribution in [2.24, 2.45) is 0 Å². The lowest BCUT2D eigenvalue weighted by molar-refractivity contribution is 0.874. The molecule has 8 heteroatoms. The minimum Gasteiger partial charge on any atom is -0.383 e. The van der Waals surface area contributed by atoms with Crippen molar-refractivity contribution in [1.29, 1.82) is 5.41 Å². The normalized spacial score (nSPS) is 11.9. The number of fused-ring (bicyclic) bond motifs is 1. The maximum atomic E-state index is 7.55. The van der Waals surface area contributed by atoms with Gasteiger partial charge < -0.3 is 16.5 Å². The van der Waals surface area contributed by atoms with E-state index in [9.17, 15) is 0 Å². The van der Waals surface area contributed by atoms with Gasteiger partial charge >= 0.3 is 0 Å². The van der Waals surface area contributed by atoms with Crippen LogP contribution < -0.4 is 11.1 Å². The first kappa shape index (κ1) is 19.7. The summed E-state index contributed by atoms with van der Waals surface area (Å²) in [4.78, 5) is 17.4. The molecule has 30 heavy (non-hydrogen) atoms. The first-order chi connectivity index (χ1) is 14.5. The van der Waals surface area contributed by atoms with Crippen LogP contribution in [0, 0.1) is 5.41 Å². The highest BCUT2D eigenvalue weighted by molar-refractivity contribution is 6.30. The van der Waals surface area contributed by atoms with Gasteiger partial charge in [0.2, 0.25) is 0 Å². The third kappa shape index (κ3) is 4.21. The molecule has 7 nitrogen and oxygen atoms in total. The molecule has 0 saturated carbocycles. The Morgan fingerprint density at radius 3 is 2.80 bits per heavy atom. The van der Waals surface area contributed by atoms with Gasteiger partial charge in [-0.1, -0.05) is 29.8 Å². The lowest BCUT2D eigenvalue weighted by atomic mass is 10.1. The van der Waals surface area contributed by atoms with E-state index in [2.05, 4.69) is 32.2 Å². The van der Waals surface area contributed by atoms with E-state index in [1.807, 2.05) is 42.5 Å². The molecule has 0 aliphatic heterocycles. The molecule has 0 amide bonds. The van der Waals surface area contributed by atoms with Crippen LogP contribution in [0.3, 0.4) is 0 Å². The summed E-state index contributed by atoms with van der Waals surface area (Å²) >= 11 is 6.09. The molecule has 0 aliphatic carbocycles. The summed E-state index contributed by atoms with van der Waals surface area (Å²) in [5.74, 6) is 0.998. The quantitative estimate of drug-likeness (QED) is 0.400. The van der Waals surface area contributed by atoms with Gasteiger partial charge in [0.25, 0.3) is 0 Å². The highest BCUT2D eigenvalue weighted by Crippen LogP contribution is 2.23. The van der Waals surface area contributed by atoms with E-state index < -0.39 is 0 Å². The molecule has 0 aliphatic rings. The molecule has 1 atom stereocenters. The van der Waals surface area contributed by atoms with E-state index in [-0.39, 0.29) is 6.04 Å². The van der Waals surface area contributed by atoms with Gasteiger partial charge in [-0.15, -0.1) is 0 Å². The number of halogens is 1. The lowest BCUT2D eigenvalue weighted by Gasteiger charge is -2.15. The lowest BCUT2D eigenvalue weighted by Crippen LogP contribution is -2.08. The second-order valence-electron chi connectivity index (χ2n) is 6.94. The number of nitrogens with two attached hydrogens (primary N) is 1. The number of nitrogens with one attached hydrogen (secondary N) is 2. The van der Waals surface area contributed by atoms with Crippen LogP contribution in [0.5, 0.6) is 0 Å². The van der Waals surface area contributed by atoms with Crippen LogP contribution in [0.4, 0.5) is 11.6 Å². The van der Waals surface area contributed by atoms with Crippen molar-refractivity contribution in [3.63, 3.8) is 0 Å². The minimum absolute atomic E-state index is 0.0393. The first-order valence-electron chi connectivity index (χ1n) is 9.41. The fourth-order valence-corrected chi connectivity index (χ4v) is 3.45. The summed E-state index contributed by atoms with van der Waals surface area (Å²) in [7, 11) is 0. The van der Waals surface area contributed by atoms with Crippen LogP contribution in [0.15, 0.2) is 55.0 Å². The van der Waals surface area contributed by atoms with E-state index in [0.717, 1.165) is 22.2 Å². The molecule has 4 N–H and O–H groups in total. The van der Waals surface area contributed by atoms with Crippen molar-refractivity contribution in [3.8, 4) is 0 Å². The van der Waals surface area contributed by atoms with Crippen LogP contribution in [-0.2, 0) is 6.42 Å². The molecule has 2 aromatic heterocycles. The zero-order valence-corrected chi connectivity index (χ0v) is 17.1. The molecular weight excluding hydrogens is 398 g/mol. The number of rotatable bonds is 6. The maximum Gasteiger partial charge on any atom is 0.145 e. The molecule has 150 valence electrons. The predicted molar refractivity (Wildman–Crippen MR) is 120 cm³/mol. The largest absolute Gasteiger partial charge is 0.383 e. The van der Waals surface area contributed by atoms with Crippen molar-refractivity contribution in [2.75, 3.05) is 11.1 Å². The fourth-order valence-electron chi connectivity index (χ4n) is 3.26. The first-order valence-corrected chi connectivity index (χ1v) is 9.79. The monoisotopic (exact) mass is 417 g/mol. The summed E-state index contributed by atoms with van der Waals surface area (Å²) in [6.45, 7) is 2.05. The Hall–Kier alpha value is -3.58. The van der Waals surface area contributed by atoms with Crippen molar-refractivity contribution in [2.45, 2.75) is 19.4 Å². The molecule has 0 bridgehead atoms. The van der Waals surface area contributed by atoms with Crippen LogP contribution in [0.1, 0.15) is 35.3 Å². The van der Waals surface area contributed by atoms with Gasteiger partial charge in [0.1, 0.15) is 18.0 Å². The summed E-state index contributed by atoms with van der Waals surface area (Å²) in [5, 5.41) is 11.6. The number of nitrogen functional groups attached to an aromatic ring is 1. The van der Waals surface area contributed by atoms with E-state index in [4.69, 9.17) is 22.7 Å². The summed E-state index contributed by atoms with van der Waals surface area (Å²) in [5.41, 5.74) is 10.7. The number of hydrogen-bond donors (Lipinski definition) is 3. The van der Waals surface area contributed by atoms with Crippen molar-refractivity contribution in [3.05, 3.63) is 82.4 Å². The van der Waals surface area contributed by atoms with Crippen LogP contribution in [-0.4, -0.2) is 26.2 Å². The van der Waals surface area contributed by atoms with Crippen LogP contribution >= 0.6 is 11.6 Å². The van der Waals surface area contributed by atoms with E-state index >= 15 is 0 Å². The Morgan fingerprint density at radius 1 is 1.13 bits per heavy atom. The molecule has 0 spiro atoms. The SMILES string of the molecule is CC(Nc1cnc2cc(Cc3ncnc(N)c3C=N)ccc2n1)c1cccc(Cl)c1. The van der Waals surface area contributed by atoms with E-state index in [0.29, 0.717) is 34.3 Å². The number of aromatic nitrogens is 4. The van der Waals surface area contributed by atoms with E-state index in [1.165, 1.54) is 12.5 Å². The van der Waals surface area contributed by atoms with Gasteiger partial charge in [-0.25, -0.2) is 15.0 Å². The fraction of sp³-hybridized carbons (Fsp3) is 0.136. The van der Waals surface area contributed by atoms with E-state index in [1.54, 1.807) is 6.20 Å². The molecule has 2 aromatic carbocycles.